The summed E-state index contributed by atoms with van der Waals surface area (Å²) in [5.41, 5.74) is 1.54. The summed E-state index contributed by atoms with van der Waals surface area (Å²) in [5.74, 6) is 0.334. The monoisotopic (exact) mass is 412 g/mol. The molecule has 7 heteroatoms. The second kappa shape index (κ2) is 8.38. The van der Waals surface area contributed by atoms with Crippen LogP contribution in [0, 0.1) is 0 Å². The summed E-state index contributed by atoms with van der Waals surface area (Å²) >= 11 is 18.5. The van der Waals surface area contributed by atoms with E-state index in [1.54, 1.807) is 12.1 Å². The predicted octanol–water partition coefficient (Wildman–Crippen LogP) is 5.01. The molecule has 0 radical (unpaired) electrons. The van der Waals surface area contributed by atoms with E-state index in [9.17, 15) is 4.79 Å². The van der Waals surface area contributed by atoms with Crippen LogP contribution >= 0.6 is 34.8 Å². The van der Waals surface area contributed by atoms with Gasteiger partial charge in [0.05, 0.1) is 16.7 Å². The van der Waals surface area contributed by atoms with Crippen molar-refractivity contribution in [2.45, 2.75) is 6.92 Å². The van der Waals surface area contributed by atoms with Gasteiger partial charge >= 0.3 is 0 Å². The van der Waals surface area contributed by atoms with E-state index in [0.717, 1.165) is 18.8 Å². The van der Waals surface area contributed by atoms with Gasteiger partial charge in [0.2, 0.25) is 0 Å². The maximum Gasteiger partial charge on any atom is 0.254 e. The third-order valence-corrected chi connectivity index (χ3v) is 5.07. The Kier molecular flexibility index (Phi) is 6.17. The number of nitrogens with zero attached hydrogens (tertiary/aromatic N) is 2. The summed E-state index contributed by atoms with van der Waals surface area (Å²) in [6.45, 7) is 5.03. The Morgan fingerprint density at radius 2 is 1.69 bits per heavy atom. The molecule has 1 saturated heterocycles. The van der Waals surface area contributed by atoms with Gasteiger partial charge in [0.15, 0.2) is 5.75 Å². The maximum atomic E-state index is 12.8. The molecule has 1 aliphatic heterocycles. The molecule has 2 aromatic carbocycles. The Bertz CT molecular complexity index is 782. The van der Waals surface area contributed by atoms with Gasteiger partial charge in [0, 0.05) is 42.5 Å². The highest BCUT2D eigenvalue weighted by Crippen LogP contribution is 2.34. The molecular weight excluding hydrogens is 395 g/mol. The van der Waals surface area contributed by atoms with Gasteiger partial charge in [0.25, 0.3) is 5.91 Å². The van der Waals surface area contributed by atoms with E-state index in [1.165, 1.54) is 0 Å². The minimum absolute atomic E-state index is 0.0809. The Labute approximate surface area is 168 Å². The number of carbonyl (C=O) groups is 1. The fraction of sp³-hybridized carbons (Fsp3) is 0.316. The van der Waals surface area contributed by atoms with Crippen LogP contribution in [0.2, 0.25) is 15.1 Å². The molecule has 0 unspecified atom stereocenters. The Balaban J connectivity index is 1.69. The fourth-order valence-electron chi connectivity index (χ4n) is 2.99. The molecule has 0 aliphatic carbocycles. The van der Waals surface area contributed by atoms with E-state index in [-0.39, 0.29) is 5.91 Å². The molecule has 1 fully saturated rings. The van der Waals surface area contributed by atoms with Crippen LogP contribution in [0.3, 0.4) is 0 Å². The molecule has 1 aliphatic rings. The van der Waals surface area contributed by atoms with Crippen molar-refractivity contribution in [3.05, 3.63) is 57.0 Å². The first-order valence-corrected chi connectivity index (χ1v) is 9.54. The van der Waals surface area contributed by atoms with Gasteiger partial charge in [-0.05, 0) is 37.3 Å². The molecule has 0 bridgehead atoms. The molecule has 26 heavy (non-hydrogen) atoms. The molecule has 4 nitrogen and oxygen atoms in total. The van der Waals surface area contributed by atoms with E-state index in [2.05, 4.69) is 4.90 Å². The Morgan fingerprint density at radius 3 is 2.27 bits per heavy atom. The van der Waals surface area contributed by atoms with E-state index in [1.807, 2.05) is 36.1 Å². The highest BCUT2D eigenvalue weighted by Gasteiger charge is 2.24. The Morgan fingerprint density at radius 1 is 1.04 bits per heavy atom. The highest BCUT2D eigenvalue weighted by atomic mass is 35.5. The largest absolute Gasteiger partial charge is 0.491 e. The summed E-state index contributed by atoms with van der Waals surface area (Å²) in [6, 6.07) is 11.0. The molecule has 0 aromatic heterocycles. The van der Waals surface area contributed by atoms with Crippen molar-refractivity contribution in [1.82, 2.24) is 4.90 Å². The number of rotatable bonds is 4. The van der Waals surface area contributed by atoms with Crippen molar-refractivity contribution in [2.75, 3.05) is 37.7 Å². The smallest absolute Gasteiger partial charge is 0.254 e. The van der Waals surface area contributed by atoms with Gasteiger partial charge in [-0.3, -0.25) is 4.79 Å². The lowest BCUT2D eigenvalue weighted by molar-refractivity contribution is 0.0746. The van der Waals surface area contributed by atoms with Crippen molar-refractivity contribution < 1.29 is 9.53 Å². The number of piperazine rings is 1. The first-order chi connectivity index (χ1) is 12.5. The average molecular weight is 414 g/mol. The lowest BCUT2D eigenvalue weighted by Gasteiger charge is -2.36. The van der Waals surface area contributed by atoms with Crippen molar-refractivity contribution in [3.63, 3.8) is 0 Å². The molecule has 0 saturated carbocycles. The van der Waals surface area contributed by atoms with E-state index < -0.39 is 0 Å². The predicted molar refractivity (Wildman–Crippen MR) is 107 cm³/mol. The first kappa shape index (κ1) is 19.2. The summed E-state index contributed by atoms with van der Waals surface area (Å²) < 4.78 is 5.41. The van der Waals surface area contributed by atoms with Crippen LogP contribution in [-0.2, 0) is 0 Å². The summed E-state index contributed by atoms with van der Waals surface area (Å²) in [4.78, 5) is 16.8. The number of amides is 1. The van der Waals surface area contributed by atoms with Crippen molar-refractivity contribution in [1.29, 1.82) is 0 Å². The number of hydrogen-bond donors (Lipinski definition) is 0. The van der Waals surface area contributed by atoms with Crippen molar-refractivity contribution >= 4 is 46.4 Å². The van der Waals surface area contributed by atoms with Crippen molar-refractivity contribution in [3.8, 4) is 5.75 Å². The topological polar surface area (TPSA) is 32.8 Å². The standard InChI is InChI=1S/C19H19Cl3N2O2/c1-2-26-18-16(21)10-13(11-17(18)22)19(25)24-8-6-23(7-9-24)15-5-3-4-14(20)12-15/h3-5,10-12H,2,6-9H2,1H3. The number of halogens is 3. The second-order valence-corrected chi connectivity index (χ2v) is 7.21. The number of anilines is 1. The van der Waals surface area contributed by atoms with Crippen LogP contribution in [0.15, 0.2) is 36.4 Å². The second-order valence-electron chi connectivity index (χ2n) is 5.96. The number of carbonyl (C=O) groups excluding carboxylic acids is 1. The van der Waals surface area contributed by atoms with Gasteiger partial charge < -0.3 is 14.5 Å². The van der Waals surface area contributed by atoms with E-state index >= 15 is 0 Å². The Hall–Kier alpha value is -1.62. The van der Waals surface area contributed by atoms with Gasteiger partial charge in [-0.15, -0.1) is 0 Å². The normalized spacial score (nSPS) is 14.5. The van der Waals surface area contributed by atoms with Gasteiger partial charge in [0.1, 0.15) is 0 Å². The molecule has 0 atom stereocenters. The van der Waals surface area contributed by atoms with Crippen LogP contribution in [0.5, 0.6) is 5.75 Å². The van der Waals surface area contributed by atoms with Crippen LogP contribution < -0.4 is 9.64 Å². The summed E-state index contributed by atoms with van der Waals surface area (Å²) in [7, 11) is 0. The molecule has 138 valence electrons. The van der Waals surface area contributed by atoms with Gasteiger partial charge in [-0.1, -0.05) is 40.9 Å². The van der Waals surface area contributed by atoms with Crippen molar-refractivity contribution in [2.24, 2.45) is 0 Å². The first-order valence-electron chi connectivity index (χ1n) is 8.41. The fourth-order valence-corrected chi connectivity index (χ4v) is 3.77. The number of benzene rings is 2. The van der Waals surface area contributed by atoms with Crippen LogP contribution in [-0.4, -0.2) is 43.6 Å². The summed E-state index contributed by atoms with van der Waals surface area (Å²) in [6.07, 6.45) is 0. The molecular formula is C19H19Cl3N2O2. The van der Waals surface area contributed by atoms with Crippen LogP contribution in [0.25, 0.3) is 0 Å². The minimum atomic E-state index is -0.0809. The number of hydrogen-bond acceptors (Lipinski definition) is 3. The highest BCUT2D eigenvalue weighted by molar-refractivity contribution is 6.37. The zero-order valence-electron chi connectivity index (χ0n) is 14.3. The molecule has 0 spiro atoms. The number of ether oxygens (including phenoxy) is 1. The average Bonchev–Trinajstić information content (AvgIpc) is 2.64. The van der Waals surface area contributed by atoms with Crippen LogP contribution in [0.1, 0.15) is 17.3 Å². The van der Waals surface area contributed by atoms with Gasteiger partial charge in [-0.25, -0.2) is 0 Å². The molecule has 1 heterocycles. The zero-order chi connectivity index (χ0) is 18.7. The van der Waals surface area contributed by atoms with E-state index in [0.29, 0.717) is 46.1 Å². The lowest BCUT2D eigenvalue weighted by atomic mass is 10.1. The molecule has 2 aromatic rings. The third kappa shape index (κ3) is 4.20. The zero-order valence-corrected chi connectivity index (χ0v) is 16.6. The third-order valence-electron chi connectivity index (χ3n) is 4.27. The summed E-state index contributed by atoms with van der Waals surface area (Å²) in [5, 5.41) is 1.40. The lowest BCUT2D eigenvalue weighted by Crippen LogP contribution is -2.48. The van der Waals surface area contributed by atoms with E-state index in [4.69, 9.17) is 39.5 Å². The molecule has 0 N–H and O–H groups in total. The van der Waals surface area contributed by atoms with Crippen LogP contribution in [0.4, 0.5) is 5.69 Å². The van der Waals surface area contributed by atoms with Gasteiger partial charge in [-0.2, -0.15) is 0 Å². The molecule has 1 amide bonds. The maximum absolute atomic E-state index is 12.8. The SMILES string of the molecule is CCOc1c(Cl)cc(C(=O)N2CCN(c3cccc(Cl)c3)CC2)cc1Cl. The molecule has 3 rings (SSSR count). The minimum Gasteiger partial charge on any atom is -0.491 e. The quantitative estimate of drug-likeness (QED) is 0.706.